The van der Waals surface area contributed by atoms with Crippen molar-refractivity contribution in [3.63, 3.8) is 0 Å². The maximum absolute atomic E-state index is 13.2. The van der Waals surface area contributed by atoms with Crippen molar-refractivity contribution < 1.29 is 9.53 Å². The maximum Gasteiger partial charge on any atom is 0.220 e. The van der Waals surface area contributed by atoms with Crippen LogP contribution < -0.4 is 5.32 Å². The lowest BCUT2D eigenvalue weighted by molar-refractivity contribution is -0.121. The summed E-state index contributed by atoms with van der Waals surface area (Å²) in [4.78, 5) is 15.5. The summed E-state index contributed by atoms with van der Waals surface area (Å²) in [6, 6.07) is 29.8. The van der Waals surface area contributed by atoms with Crippen LogP contribution in [-0.2, 0) is 22.5 Å². The minimum absolute atomic E-state index is 0.131. The molecule has 1 N–H and O–H groups in total. The second-order valence-corrected chi connectivity index (χ2v) is 9.94. The average molecular weight is 496 g/mol. The Hall–Kier alpha value is -3.41. The molecule has 4 aromatic rings. The van der Waals surface area contributed by atoms with Crippen molar-refractivity contribution in [1.29, 1.82) is 0 Å². The summed E-state index contributed by atoms with van der Waals surface area (Å²) in [7, 11) is 0. The fourth-order valence-corrected chi connectivity index (χ4v) is 5.34. The normalized spacial score (nSPS) is 15.0. The van der Waals surface area contributed by atoms with Gasteiger partial charge in [-0.05, 0) is 41.5 Å². The number of fused-ring (bicyclic) bond motifs is 1. The minimum Gasteiger partial charge on any atom is -0.379 e. The Balaban J connectivity index is 1.34. The van der Waals surface area contributed by atoms with Crippen LogP contribution in [0.15, 0.2) is 91.1 Å². The highest BCUT2D eigenvalue weighted by Crippen LogP contribution is 2.33. The number of nitrogens with one attached hydrogen (secondary N) is 1. The molecule has 5 heteroatoms. The summed E-state index contributed by atoms with van der Waals surface area (Å²) in [5.74, 6) is 0.275. The Labute approximate surface area is 220 Å². The molecule has 1 aromatic heterocycles. The lowest BCUT2D eigenvalue weighted by Crippen LogP contribution is -2.41. The van der Waals surface area contributed by atoms with E-state index in [1.165, 1.54) is 27.6 Å². The number of carbonyl (C=O) groups is 1. The van der Waals surface area contributed by atoms with E-state index in [4.69, 9.17) is 4.74 Å². The first-order valence-corrected chi connectivity index (χ1v) is 13.5. The second kappa shape index (κ2) is 12.7. The number of ether oxygens (including phenoxy) is 1. The smallest absolute Gasteiger partial charge is 0.220 e. The summed E-state index contributed by atoms with van der Waals surface area (Å²) < 4.78 is 7.77. The topological polar surface area (TPSA) is 46.5 Å². The largest absolute Gasteiger partial charge is 0.379 e. The summed E-state index contributed by atoms with van der Waals surface area (Å²) in [6.07, 6.45) is 4.66. The summed E-state index contributed by atoms with van der Waals surface area (Å²) >= 11 is 0. The number of hydrogen-bond acceptors (Lipinski definition) is 3. The van der Waals surface area contributed by atoms with Crippen LogP contribution in [0.3, 0.4) is 0 Å². The van der Waals surface area contributed by atoms with Gasteiger partial charge in [0.2, 0.25) is 5.91 Å². The van der Waals surface area contributed by atoms with Gasteiger partial charge in [-0.1, -0.05) is 78.9 Å². The van der Waals surface area contributed by atoms with Gasteiger partial charge in [-0.2, -0.15) is 0 Å². The molecule has 5 nitrogen and oxygen atoms in total. The molecule has 192 valence electrons. The van der Waals surface area contributed by atoms with Crippen LogP contribution in [0.2, 0.25) is 0 Å². The predicted octanol–water partition coefficient (Wildman–Crippen LogP) is 5.24. The van der Waals surface area contributed by atoms with E-state index in [0.717, 1.165) is 52.2 Å². The van der Waals surface area contributed by atoms with E-state index < -0.39 is 0 Å². The standard InChI is InChI=1S/C32H37N3O2/c36-32(33-17-18-34-19-21-37-22-20-34)23-28(16-15-26-9-3-1-4-10-26)30-25-35(24-27-11-5-2-6-12-27)31-14-8-7-13-29(30)31/h1-14,25,28H,15-24H2,(H,33,36). The Kier molecular flexibility index (Phi) is 8.67. The van der Waals surface area contributed by atoms with Gasteiger partial charge >= 0.3 is 0 Å². The molecule has 0 saturated carbocycles. The summed E-state index contributed by atoms with van der Waals surface area (Å²) in [5.41, 5.74) is 5.08. The fraction of sp³-hybridized carbons (Fsp3) is 0.344. The molecule has 1 saturated heterocycles. The number of carbonyl (C=O) groups excluding carboxylic acids is 1. The lowest BCUT2D eigenvalue weighted by Gasteiger charge is -2.26. The number of hydrogen-bond donors (Lipinski definition) is 1. The van der Waals surface area contributed by atoms with Gasteiger partial charge in [0.05, 0.1) is 13.2 Å². The van der Waals surface area contributed by atoms with Crippen LogP contribution in [-0.4, -0.2) is 54.8 Å². The average Bonchev–Trinajstić information content (AvgIpc) is 3.31. The van der Waals surface area contributed by atoms with Crippen LogP contribution in [0.5, 0.6) is 0 Å². The first-order chi connectivity index (χ1) is 18.3. The molecule has 1 unspecified atom stereocenters. The molecule has 2 heterocycles. The van der Waals surface area contributed by atoms with Gasteiger partial charge in [0.25, 0.3) is 0 Å². The third kappa shape index (κ3) is 6.88. The van der Waals surface area contributed by atoms with E-state index in [0.29, 0.717) is 13.0 Å². The van der Waals surface area contributed by atoms with Crippen molar-refractivity contribution in [2.75, 3.05) is 39.4 Å². The van der Waals surface area contributed by atoms with E-state index in [-0.39, 0.29) is 11.8 Å². The third-order valence-corrected chi connectivity index (χ3v) is 7.36. The lowest BCUT2D eigenvalue weighted by atomic mass is 9.89. The van der Waals surface area contributed by atoms with Crippen LogP contribution >= 0.6 is 0 Å². The number of morpholine rings is 1. The van der Waals surface area contributed by atoms with Crippen molar-refractivity contribution >= 4 is 16.8 Å². The Morgan fingerprint density at radius 3 is 2.30 bits per heavy atom. The fourth-order valence-electron chi connectivity index (χ4n) is 5.34. The first-order valence-electron chi connectivity index (χ1n) is 13.5. The van der Waals surface area contributed by atoms with E-state index in [1.54, 1.807) is 0 Å². The van der Waals surface area contributed by atoms with Crippen molar-refractivity contribution in [2.24, 2.45) is 0 Å². The van der Waals surface area contributed by atoms with Gasteiger partial charge in [0.1, 0.15) is 0 Å². The SMILES string of the molecule is O=C(CC(CCc1ccccc1)c1cn(Cc2ccccc2)c2ccccc12)NCCN1CCOCC1. The number of aromatic nitrogens is 1. The molecule has 0 spiro atoms. The molecule has 1 fully saturated rings. The van der Waals surface area contributed by atoms with Crippen LogP contribution in [0.25, 0.3) is 10.9 Å². The molecule has 1 aliphatic rings. The van der Waals surface area contributed by atoms with Gasteiger partial charge in [0.15, 0.2) is 0 Å². The molecule has 0 radical (unpaired) electrons. The van der Waals surface area contributed by atoms with Crippen molar-refractivity contribution in [3.8, 4) is 0 Å². The number of rotatable bonds is 11. The number of amides is 1. The Morgan fingerprint density at radius 1 is 0.865 bits per heavy atom. The van der Waals surface area contributed by atoms with Gasteiger partial charge < -0.3 is 14.6 Å². The first kappa shape index (κ1) is 25.2. The number of benzene rings is 3. The van der Waals surface area contributed by atoms with Gasteiger partial charge in [-0.15, -0.1) is 0 Å². The predicted molar refractivity (Wildman–Crippen MR) is 150 cm³/mol. The number of nitrogens with zero attached hydrogens (tertiary/aromatic N) is 2. The summed E-state index contributed by atoms with van der Waals surface area (Å²) in [5, 5.41) is 4.44. The molecule has 0 bridgehead atoms. The van der Waals surface area contributed by atoms with Crippen molar-refractivity contribution in [1.82, 2.24) is 14.8 Å². The number of para-hydroxylation sites is 1. The molecule has 1 amide bonds. The molecular weight excluding hydrogens is 458 g/mol. The Bertz CT molecular complexity index is 1260. The molecule has 5 rings (SSSR count). The summed E-state index contributed by atoms with van der Waals surface area (Å²) in [6.45, 7) is 5.82. The van der Waals surface area contributed by atoms with E-state index in [2.05, 4.69) is 106 Å². The molecule has 3 aromatic carbocycles. The van der Waals surface area contributed by atoms with Gasteiger partial charge in [0, 0.05) is 56.2 Å². The van der Waals surface area contributed by atoms with Crippen molar-refractivity contribution in [3.05, 3.63) is 108 Å². The highest BCUT2D eigenvalue weighted by atomic mass is 16.5. The van der Waals surface area contributed by atoms with E-state index in [9.17, 15) is 4.79 Å². The van der Waals surface area contributed by atoms with E-state index >= 15 is 0 Å². The quantitative estimate of drug-likeness (QED) is 0.309. The third-order valence-electron chi connectivity index (χ3n) is 7.36. The van der Waals surface area contributed by atoms with Crippen LogP contribution in [0.1, 0.15) is 35.4 Å². The van der Waals surface area contributed by atoms with E-state index in [1.807, 2.05) is 0 Å². The van der Waals surface area contributed by atoms with Crippen LogP contribution in [0, 0.1) is 0 Å². The molecular formula is C32H37N3O2. The highest BCUT2D eigenvalue weighted by molar-refractivity contribution is 5.86. The van der Waals surface area contributed by atoms with Crippen molar-refractivity contribution in [2.45, 2.75) is 31.7 Å². The number of aryl methyl sites for hydroxylation is 1. The zero-order valence-electron chi connectivity index (χ0n) is 21.5. The molecule has 37 heavy (non-hydrogen) atoms. The molecule has 0 aliphatic carbocycles. The second-order valence-electron chi connectivity index (χ2n) is 9.94. The highest BCUT2D eigenvalue weighted by Gasteiger charge is 2.21. The monoisotopic (exact) mass is 495 g/mol. The molecule has 1 aliphatic heterocycles. The Morgan fingerprint density at radius 2 is 1.54 bits per heavy atom. The maximum atomic E-state index is 13.2. The van der Waals surface area contributed by atoms with Gasteiger partial charge in [-0.25, -0.2) is 0 Å². The van der Waals surface area contributed by atoms with Gasteiger partial charge in [-0.3, -0.25) is 9.69 Å². The zero-order valence-corrected chi connectivity index (χ0v) is 21.5. The molecule has 1 atom stereocenters. The minimum atomic E-state index is 0.131. The zero-order chi connectivity index (χ0) is 25.3. The van der Waals surface area contributed by atoms with Crippen LogP contribution in [0.4, 0.5) is 0 Å².